The molecule has 0 saturated carbocycles. The van der Waals surface area contributed by atoms with Crippen LogP contribution in [0.2, 0.25) is 5.02 Å². The molecule has 2 amide bonds. The van der Waals surface area contributed by atoms with E-state index in [4.69, 9.17) is 21.3 Å². The molecule has 2 aliphatic rings. The van der Waals surface area contributed by atoms with E-state index in [1.165, 1.54) is 4.88 Å². The van der Waals surface area contributed by atoms with Gasteiger partial charge in [-0.25, -0.2) is 4.99 Å². The number of ether oxygens (including phenoxy) is 1. The van der Waals surface area contributed by atoms with Crippen LogP contribution in [0.25, 0.3) is 0 Å². The summed E-state index contributed by atoms with van der Waals surface area (Å²) >= 11 is 7.58. The van der Waals surface area contributed by atoms with E-state index < -0.39 is 0 Å². The lowest BCUT2D eigenvalue weighted by Gasteiger charge is -2.15. The predicted octanol–water partition coefficient (Wildman–Crippen LogP) is 6.28. The van der Waals surface area contributed by atoms with Crippen LogP contribution in [0.5, 0.6) is 5.75 Å². The molecule has 1 aliphatic carbocycles. The number of carbonyl (C=O) groups is 2. The van der Waals surface area contributed by atoms with Gasteiger partial charge in [0, 0.05) is 34.9 Å². The van der Waals surface area contributed by atoms with Crippen molar-refractivity contribution in [3.05, 3.63) is 75.1 Å². The van der Waals surface area contributed by atoms with Crippen molar-refractivity contribution in [2.45, 2.75) is 38.5 Å². The van der Waals surface area contributed by atoms with Gasteiger partial charge >= 0.3 is 0 Å². The number of rotatable bonds is 7. The van der Waals surface area contributed by atoms with E-state index in [-0.39, 0.29) is 18.4 Å². The Bertz CT molecular complexity index is 1260. The lowest BCUT2D eigenvalue weighted by molar-refractivity contribution is -0.132. The summed E-state index contributed by atoms with van der Waals surface area (Å²) in [5, 5.41) is 4.35. The van der Waals surface area contributed by atoms with Crippen molar-refractivity contribution >= 4 is 51.7 Å². The minimum absolute atomic E-state index is 0.0317. The van der Waals surface area contributed by atoms with E-state index in [9.17, 15) is 9.59 Å². The van der Waals surface area contributed by atoms with Crippen LogP contribution in [-0.4, -0.2) is 42.6 Å². The fourth-order valence-corrected chi connectivity index (χ4v) is 5.95. The van der Waals surface area contributed by atoms with Crippen LogP contribution in [0.15, 0.2) is 53.5 Å². The normalized spacial score (nSPS) is 15.2. The van der Waals surface area contributed by atoms with Gasteiger partial charge in [0.15, 0.2) is 6.61 Å². The van der Waals surface area contributed by atoms with Gasteiger partial charge in [-0.05, 0) is 98.2 Å². The summed E-state index contributed by atoms with van der Waals surface area (Å²) in [4.78, 5) is 33.3. The first-order valence-electron chi connectivity index (χ1n) is 12.3. The quantitative estimate of drug-likeness (QED) is 0.372. The highest BCUT2D eigenvalue weighted by Crippen LogP contribution is 2.40. The second-order valence-electron chi connectivity index (χ2n) is 9.06. The maximum atomic E-state index is 13.3. The van der Waals surface area contributed by atoms with Crippen molar-refractivity contribution in [2.75, 3.05) is 25.0 Å². The first kappa shape index (κ1) is 24.5. The molecule has 0 unspecified atom stereocenters. The third-order valence-electron chi connectivity index (χ3n) is 6.51. The fourth-order valence-electron chi connectivity index (χ4n) is 4.59. The molecule has 6 nitrogen and oxygen atoms in total. The number of halogens is 1. The molecule has 3 aromatic rings. The number of nitrogens with one attached hydrogen (secondary N) is 1. The standard InChI is InChI=1S/C28H28ClN3O3S/c29-20-9-11-21(12-10-20)31-27(34)26-23-5-1-2-6-24(23)36-28(26)30-17-19-7-13-22(14-8-19)35-18-25(33)32-15-3-4-16-32/h7-14,17H,1-6,15-16,18H2,(H,31,34). The summed E-state index contributed by atoms with van der Waals surface area (Å²) < 4.78 is 5.67. The molecule has 2 aromatic carbocycles. The van der Waals surface area contributed by atoms with E-state index in [0.717, 1.165) is 67.7 Å². The first-order valence-corrected chi connectivity index (χ1v) is 13.5. The number of anilines is 1. The minimum Gasteiger partial charge on any atom is -0.484 e. The Morgan fingerprint density at radius 1 is 1.00 bits per heavy atom. The Hall–Kier alpha value is -3.16. The molecule has 2 heterocycles. The molecule has 36 heavy (non-hydrogen) atoms. The summed E-state index contributed by atoms with van der Waals surface area (Å²) in [5.41, 5.74) is 3.38. The van der Waals surface area contributed by atoms with Crippen LogP contribution < -0.4 is 10.1 Å². The van der Waals surface area contributed by atoms with Crippen LogP contribution in [-0.2, 0) is 17.6 Å². The SMILES string of the molecule is O=C(Nc1ccc(Cl)cc1)c1c(N=Cc2ccc(OCC(=O)N3CCCC3)cc2)sc2c1CCCC2. The highest BCUT2D eigenvalue weighted by Gasteiger charge is 2.25. The number of nitrogens with zero attached hydrogens (tertiary/aromatic N) is 2. The molecule has 1 N–H and O–H groups in total. The molecule has 5 rings (SSSR count). The number of hydrogen-bond donors (Lipinski definition) is 1. The zero-order valence-electron chi connectivity index (χ0n) is 20.0. The van der Waals surface area contributed by atoms with Crippen molar-refractivity contribution in [1.29, 1.82) is 0 Å². The smallest absolute Gasteiger partial charge is 0.260 e. The first-order chi connectivity index (χ1) is 17.6. The van der Waals surface area contributed by atoms with Gasteiger partial charge in [0.1, 0.15) is 10.8 Å². The number of fused-ring (bicyclic) bond motifs is 1. The number of thiophene rings is 1. The Morgan fingerprint density at radius 2 is 1.72 bits per heavy atom. The Balaban J connectivity index is 1.29. The van der Waals surface area contributed by atoms with Gasteiger partial charge in [0.25, 0.3) is 11.8 Å². The second kappa shape index (κ2) is 11.3. The van der Waals surface area contributed by atoms with Crippen LogP contribution >= 0.6 is 22.9 Å². The average Bonchev–Trinajstić information content (AvgIpc) is 3.56. The van der Waals surface area contributed by atoms with Crippen molar-refractivity contribution in [3.8, 4) is 5.75 Å². The van der Waals surface area contributed by atoms with Crippen molar-refractivity contribution in [1.82, 2.24) is 4.90 Å². The summed E-state index contributed by atoms with van der Waals surface area (Å²) in [5.74, 6) is 0.536. The summed E-state index contributed by atoms with van der Waals surface area (Å²) in [6, 6.07) is 14.6. The van der Waals surface area contributed by atoms with Gasteiger partial charge in [-0.15, -0.1) is 11.3 Å². The van der Waals surface area contributed by atoms with Gasteiger partial charge in [0.05, 0.1) is 5.56 Å². The topological polar surface area (TPSA) is 71.0 Å². The fraction of sp³-hybridized carbons (Fsp3) is 0.321. The third-order valence-corrected chi connectivity index (χ3v) is 7.97. The molecule has 186 valence electrons. The van der Waals surface area contributed by atoms with E-state index in [2.05, 4.69) is 5.32 Å². The number of hydrogen-bond acceptors (Lipinski definition) is 5. The molecular weight excluding hydrogens is 494 g/mol. The molecule has 1 saturated heterocycles. The summed E-state index contributed by atoms with van der Waals surface area (Å²) in [6.45, 7) is 1.70. The minimum atomic E-state index is -0.143. The van der Waals surface area contributed by atoms with Crippen LogP contribution in [0.4, 0.5) is 10.7 Å². The number of likely N-dealkylation sites (tertiary alicyclic amines) is 1. The molecule has 0 bridgehead atoms. The monoisotopic (exact) mass is 521 g/mol. The van der Waals surface area contributed by atoms with E-state index in [0.29, 0.717) is 22.0 Å². The predicted molar refractivity (Wildman–Crippen MR) is 145 cm³/mol. The molecule has 8 heteroatoms. The van der Waals surface area contributed by atoms with Crippen LogP contribution in [0, 0.1) is 0 Å². The molecule has 0 atom stereocenters. The highest BCUT2D eigenvalue weighted by molar-refractivity contribution is 7.16. The van der Waals surface area contributed by atoms with Gasteiger partial charge in [-0.2, -0.15) is 0 Å². The zero-order chi connectivity index (χ0) is 24.9. The summed E-state index contributed by atoms with van der Waals surface area (Å²) in [6.07, 6.45) is 8.00. The van der Waals surface area contributed by atoms with Gasteiger partial charge in [-0.3, -0.25) is 9.59 Å². The van der Waals surface area contributed by atoms with E-state index >= 15 is 0 Å². The van der Waals surface area contributed by atoms with E-state index in [1.54, 1.807) is 41.8 Å². The number of aliphatic imine (C=N–C) groups is 1. The Labute approximate surface area is 219 Å². The highest BCUT2D eigenvalue weighted by atomic mass is 35.5. The lowest BCUT2D eigenvalue weighted by Crippen LogP contribution is -2.32. The lowest BCUT2D eigenvalue weighted by atomic mass is 9.95. The molecule has 1 aromatic heterocycles. The van der Waals surface area contributed by atoms with Gasteiger partial charge in [0.2, 0.25) is 0 Å². The number of benzene rings is 2. The number of aryl methyl sites for hydroxylation is 1. The Morgan fingerprint density at radius 3 is 2.47 bits per heavy atom. The van der Waals surface area contributed by atoms with Crippen molar-refractivity contribution in [2.24, 2.45) is 4.99 Å². The van der Waals surface area contributed by atoms with Crippen LogP contribution in [0.1, 0.15) is 52.0 Å². The molecule has 1 aliphatic heterocycles. The number of amides is 2. The largest absolute Gasteiger partial charge is 0.484 e. The zero-order valence-corrected chi connectivity index (χ0v) is 21.5. The maximum Gasteiger partial charge on any atom is 0.260 e. The molecule has 1 fully saturated rings. The van der Waals surface area contributed by atoms with Gasteiger partial charge < -0.3 is 15.0 Å². The maximum absolute atomic E-state index is 13.3. The molecule has 0 spiro atoms. The Kier molecular flexibility index (Phi) is 7.68. The third kappa shape index (κ3) is 5.79. The molecular formula is C28H28ClN3O3S. The van der Waals surface area contributed by atoms with Gasteiger partial charge in [-0.1, -0.05) is 11.6 Å². The summed E-state index contributed by atoms with van der Waals surface area (Å²) in [7, 11) is 0. The van der Waals surface area contributed by atoms with Crippen molar-refractivity contribution < 1.29 is 14.3 Å². The van der Waals surface area contributed by atoms with E-state index in [1.807, 2.05) is 29.2 Å². The number of carbonyl (C=O) groups excluding carboxylic acids is 2. The molecule has 0 radical (unpaired) electrons. The van der Waals surface area contributed by atoms with Crippen molar-refractivity contribution in [3.63, 3.8) is 0 Å². The second-order valence-corrected chi connectivity index (χ2v) is 10.6. The van der Waals surface area contributed by atoms with Crippen LogP contribution in [0.3, 0.4) is 0 Å². The average molecular weight is 522 g/mol.